The molecule has 22 heavy (non-hydrogen) atoms. The van der Waals surface area contributed by atoms with E-state index in [0.29, 0.717) is 13.0 Å². The first-order valence-electron chi connectivity index (χ1n) is 7.89. The van der Waals surface area contributed by atoms with Crippen LogP contribution in [0.25, 0.3) is 0 Å². The minimum absolute atomic E-state index is 0.0796. The summed E-state index contributed by atoms with van der Waals surface area (Å²) in [5.41, 5.74) is 0.164. The Morgan fingerprint density at radius 3 is 2.18 bits per heavy atom. The largest absolute Gasteiger partial charge is 0.490 e. The zero-order valence-electron chi connectivity index (χ0n) is 14.8. The molecule has 5 nitrogen and oxygen atoms in total. The number of hydrogen-bond acceptors (Lipinski definition) is 3. The van der Waals surface area contributed by atoms with Crippen LogP contribution in [0.2, 0.25) is 0 Å². The SMILES string of the molecule is CC(C)(C)C1CC(B2OC(C)(C)C(C)(C)O2)=CCN1C(=O)O. The molecule has 0 aromatic rings. The summed E-state index contributed by atoms with van der Waals surface area (Å²) in [5, 5.41) is 9.42. The van der Waals surface area contributed by atoms with Crippen LogP contribution in [0.15, 0.2) is 11.5 Å². The standard InChI is InChI=1S/C16H28BNO4/c1-14(2,3)12-10-11(8-9-18(12)13(19)20)17-21-15(4,5)16(6,7)22-17/h8,12H,9-10H2,1-7H3,(H,19,20). The molecular formula is C16H28BNO4. The Bertz CT molecular complexity index is 477. The second-order valence-corrected chi connectivity index (χ2v) is 8.39. The predicted molar refractivity (Wildman–Crippen MR) is 86.8 cm³/mol. The van der Waals surface area contributed by atoms with Gasteiger partial charge in [0.05, 0.1) is 11.2 Å². The first-order chi connectivity index (χ1) is 9.85. The molecular weight excluding hydrogens is 281 g/mol. The van der Waals surface area contributed by atoms with Crippen molar-refractivity contribution < 1.29 is 19.2 Å². The van der Waals surface area contributed by atoms with E-state index in [1.54, 1.807) is 0 Å². The molecule has 0 spiro atoms. The topological polar surface area (TPSA) is 59.0 Å². The van der Waals surface area contributed by atoms with E-state index >= 15 is 0 Å². The maximum atomic E-state index is 11.5. The van der Waals surface area contributed by atoms with Gasteiger partial charge in [0.1, 0.15) is 0 Å². The summed E-state index contributed by atoms with van der Waals surface area (Å²) in [5.74, 6) is 0. The average Bonchev–Trinajstić information content (AvgIpc) is 2.56. The molecule has 1 saturated heterocycles. The third kappa shape index (κ3) is 3.04. The Hall–Kier alpha value is -1.01. The highest BCUT2D eigenvalue weighted by Gasteiger charge is 2.53. The van der Waals surface area contributed by atoms with Gasteiger partial charge in [-0.3, -0.25) is 0 Å². The van der Waals surface area contributed by atoms with Crippen molar-refractivity contribution in [3.05, 3.63) is 11.5 Å². The first-order valence-corrected chi connectivity index (χ1v) is 7.89. The molecule has 0 saturated carbocycles. The maximum Gasteiger partial charge on any atom is 0.490 e. The Morgan fingerprint density at radius 2 is 1.77 bits per heavy atom. The normalized spacial score (nSPS) is 27.8. The van der Waals surface area contributed by atoms with Crippen LogP contribution in [0.3, 0.4) is 0 Å². The highest BCUT2D eigenvalue weighted by Crippen LogP contribution is 2.41. The van der Waals surface area contributed by atoms with E-state index in [9.17, 15) is 9.90 Å². The van der Waals surface area contributed by atoms with Crippen LogP contribution in [0, 0.1) is 5.41 Å². The van der Waals surface area contributed by atoms with Gasteiger partial charge in [-0.1, -0.05) is 26.8 Å². The van der Waals surface area contributed by atoms with Crippen LogP contribution in [-0.2, 0) is 9.31 Å². The highest BCUT2D eigenvalue weighted by molar-refractivity contribution is 6.54. The summed E-state index contributed by atoms with van der Waals surface area (Å²) >= 11 is 0. The van der Waals surface area contributed by atoms with Crippen molar-refractivity contribution in [1.82, 2.24) is 4.90 Å². The molecule has 124 valence electrons. The minimum atomic E-state index is -0.871. The lowest BCUT2D eigenvalue weighted by Gasteiger charge is -2.41. The van der Waals surface area contributed by atoms with Crippen molar-refractivity contribution in [2.75, 3.05) is 6.54 Å². The lowest BCUT2D eigenvalue weighted by atomic mass is 9.68. The van der Waals surface area contributed by atoms with Crippen LogP contribution >= 0.6 is 0 Å². The molecule has 0 aromatic heterocycles. The van der Waals surface area contributed by atoms with Crippen molar-refractivity contribution in [1.29, 1.82) is 0 Å². The van der Waals surface area contributed by atoms with Gasteiger partial charge >= 0.3 is 13.2 Å². The van der Waals surface area contributed by atoms with Gasteiger partial charge in [-0.15, -0.1) is 0 Å². The Morgan fingerprint density at radius 1 is 1.27 bits per heavy atom. The van der Waals surface area contributed by atoms with Gasteiger partial charge in [-0.05, 0) is 45.0 Å². The molecule has 0 bridgehead atoms. The molecule has 0 radical (unpaired) electrons. The van der Waals surface area contributed by atoms with E-state index in [4.69, 9.17) is 9.31 Å². The van der Waals surface area contributed by atoms with Crippen molar-refractivity contribution in [2.45, 2.75) is 72.1 Å². The van der Waals surface area contributed by atoms with Crippen molar-refractivity contribution >= 4 is 13.2 Å². The summed E-state index contributed by atoms with van der Waals surface area (Å²) in [7, 11) is -0.384. The Labute approximate surface area is 133 Å². The van der Waals surface area contributed by atoms with Crippen molar-refractivity contribution in [3.8, 4) is 0 Å². The van der Waals surface area contributed by atoms with Crippen molar-refractivity contribution in [2.24, 2.45) is 5.41 Å². The van der Waals surface area contributed by atoms with Crippen LogP contribution in [0.5, 0.6) is 0 Å². The lowest BCUT2D eigenvalue weighted by Crippen LogP contribution is -2.50. The van der Waals surface area contributed by atoms with E-state index in [0.717, 1.165) is 5.47 Å². The molecule has 0 aliphatic carbocycles. The molecule has 0 aromatic carbocycles. The maximum absolute atomic E-state index is 11.5. The van der Waals surface area contributed by atoms with E-state index in [2.05, 4.69) is 20.8 Å². The molecule has 1 amide bonds. The fourth-order valence-electron chi connectivity index (χ4n) is 2.93. The van der Waals surface area contributed by atoms with Crippen molar-refractivity contribution in [3.63, 3.8) is 0 Å². The van der Waals surface area contributed by atoms with Gasteiger partial charge in [0.2, 0.25) is 0 Å². The molecule has 2 heterocycles. The van der Waals surface area contributed by atoms with Gasteiger partial charge in [0, 0.05) is 12.6 Å². The quantitative estimate of drug-likeness (QED) is 0.755. The van der Waals surface area contributed by atoms with Gasteiger partial charge in [0.15, 0.2) is 0 Å². The molecule has 1 N–H and O–H groups in total. The Kier molecular flexibility index (Phi) is 4.16. The molecule has 1 unspecified atom stereocenters. The molecule has 2 aliphatic rings. The molecule has 6 heteroatoms. The summed E-state index contributed by atoms with van der Waals surface area (Å²) in [6.45, 7) is 14.7. The molecule has 1 fully saturated rings. The van der Waals surface area contributed by atoms with E-state index in [1.165, 1.54) is 4.90 Å². The third-order valence-electron chi connectivity index (χ3n) is 5.16. The average molecular weight is 309 g/mol. The zero-order chi connectivity index (χ0) is 16.9. The Balaban J connectivity index is 2.23. The van der Waals surface area contributed by atoms with Gasteiger partial charge < -0.3 is 19.3 Å². The van der Waals surface area contributed by atoms with E-state index in [1.807, 2.05) is 33.8 Å². The first kappa shape index (κ1) is 17.4. The number of carbonyl (C=O) groups is 1. The number of amides is 1. The number of carboxylic acid groups (broad SMARTS) is 1. The third-order valence-corrected chi connectivity index (χ3v) is 5.16. The number of hydrogen-bond donors (Lipinski definition) is 1. The lowest BCUT2D eigenvalue weighted by molar-refractivity contribution is 0.00578. The highest BCUT2D eigenvalue weighted by atomic mass is 16.7. The van der Waals surface area contributed by atoms with Gasteiger partial charge in [0.25, 0.3) is 0 Å². The summed E-state index contributed by atoms with van der Waals surface area (Å²) in [6.07, 6.45) is 1.72. The minimum Gasteiger partial charge on any atom is -0.465 e. The molecule has 2 aliphatic heterocycles. The van der Waals surface area contributed by atoms with Gasteiger partial charge in [-0.25, -0.2) is 4.79 Å². The fraction of sp³-hybridized carbons (Fsp3) is 0.812. The summed E-state index contributed by atoms with van der Waals surface area (Å²) < 4.78 is 12.2. The van der Waals surface area contributed by atoms with Crippen LogP contribution < -0.4 is 0 Å². The van der Waals surface area contributed by atoms with Crippen LogP contribution in [0.1, 0.15) is 54.9 Å². The van der Waals surface area contributed by atoms with E-state index in [-0.39, 0.29) is 29.8 Å². The van der Waals surface area contributed by atoms with E-state index < -0.39 is 6.09 Å². The number of nitrogens with zero attached hydrogens (tertiary/aromatic N) is 1. The molecule has 2 rings (SSSR count). The molecule has 1 atom stereocenters. The fourth-order valence-corrected chi connectivity index (χ4v) is 2.93. The second kappa shape index (κ2) is 5.27. The monoisotopic (exact) mass is 309 g/mol. The second-order valence-electron chi connectivity index (χ2n) is 8.39. The van der Waals surface area contributed by atoms with Crippen LogP contribution in [-0.4, -0.2) is 47.0 Å². The van der Waals surface area contributed by atoms with Crippen LogP contribution in [0.4, 0.5) is 4.79 Å². The summed E-state index contributed by atoms with van der Waals surface area (Å²) in [6, 6.07) is -0.0796. The summed E-state index contributed by atoms with van der Waals surface area (Å²) in [4.78, 5) is 13.0. The zero-order valence-corrected chi connectivity index (χ0v) is 14.8. The number of rotatable bonds is 1. The predicted octanol–water partition coefficient (Wildman–Crippen LogP) is 3.34. The van der Waals surface area contributed by atoms with Gasteiger partial charge in [-0.2, -0.15) is 0 Å². The smallest absolute Gasteiger partial charge is 0.465 e.